The van der Waals surface area contributed by atoms with Gasteiger partial charge in [-0.3, -0.25) is 9.69 Å². The largest absolute Gasteiger partial charge is 0.480 e. The van der Waals surface area contributed by atoms with Gasteiger partial charge in [-0.05, 0) is 98.8 Å². The second kappa shape index (κ2) is 14.7. The highest BCUT2D eigenvalue weighted by Crippen LogP contribution is 2.45. The number of carbonyl (C=O) groups excluding carboxylic acids is 1. The van der Waals surface area contributed by atoms with Crippen molar-refractivity contribution in [2.75, 3.05) is 12.0 Å². The van der Waals surface area contributed by atoms with Crippen LogP contribution in [-0.2, 0) is 11.3 Å². The number of nitrogens with one attached hydrogen (secondary N) is 1. The van der Waals surface area contributed by atoms with Crippen LogP contribution in [0.25, 0.3) is 11.1 Å². The zero-order valence-corrected chi connectivity index (χ0v) is 26.4. The number of hydrogen-bond acceptors (Lipinski definition) is 4. The molecule has 41 heavy (non-hydrogen) atoms. The minimum Gasteiger partial charge on any atom is -0.480 e. The Hall–Kier alpha value is -2.31. The molecule has 1 amide bonds. The van der Waals surface area contributed by atoms with Crippen LogP contribution in [-0.4, -0.2) is 51.5 Å². The van der Waals surface area contributed by atoms with Crippen molar-refractivity contribution in [3.8, 4) is 11.1 Å². The minimum atomic E-state index is -0.992. The summed E-state index contributed by atoms with van der Waals surface area (Å²) < 4.78 is 0. The van der Waals surface area contributed by atoms with Crippen molar-refractivity contribution in [2.24, 2.45) is 5.92 Å². The molecule has 2 aliphatic rings. The van der Waals surface area contributed by atoms with Gasteiger partial charge in [0, 0.05) is 23.7 Å². The first-order chi connectivity index (χ1) is 19.7. The summed E-state index contributed by atoms with van der Waals surface area (Å²) in [4.78, 5) is 28.2. The molecule has 2 N–H and O–H groups in total. The van der Waals surface area contributed by atoms with Crippen LogP contribution in [0.2, 0.25) is 0 Å². The average molecular weight is 579 g/mol. The predicted octanol–water partition coefficient (Wildman–Crippen LogP) is 8.09. The number of nitrogens with zero attached hydrogens (tertiary/aromatic N) is 1. The van der Waals surface area contributed by atoms with Crippen molar-refractivity contribution in [1.29, 1.82) is 0 Å². The molecule has 224 valence electrons. The summed E-state index contributed by atoms with van der Waals surface area (Å²) in [5, 5.41) is 12.5. The standard InChI is InChI=1S/C35H50N2O3S/c1-25(2)37(35(19-10-11-20-35)23-27-13-6-5-7-14-27)24-28-16-17-30(31(22-28)29-15-9-8-12-26(29)3)33(38)36-32(34(39)40)18-21-41-4/h8-9,12,15-17,22,25,27,32H,5-7,10-11,13-14,18-21,23-24H2,1-4H3,(H,36,38)(H,39,40)/t32-/m0/s1. The topological polar surface area (TPSA) is 69.6 Å². The average Bonchev–Trinajstić information content (AvgIpc) is 3.43. The number of hydrogen-bond donors (Lipinski definition) is 2. The fourth-order valence-corrected chi connectivity index (χ4v) is 7.85. The molecule has 2 aliphatic carbocycles. The Morgan fingerprint density at radius 2 is 1.73 bits per heavy atom. The molecule has 5 nitrogen and oxygen atoms in total. The first-order valence-corrected chi connectivity index (χ1v) is 17.1. The molecule has 4 rings (SSSR count). The third kappa shape index (κ3) is 7.95. The van der Waals surface area contributed by atoms with Crippen molar-refractivity contribution < 1.29 is 14.7 Å². The molecule has 0 radical (unpaired) electrons. The Morgan fingerprint density at radius 3 is 2.37 bits per heavy atom. The van der Waals surface area contributed by atoms with Crippen LogP contribution in [0.3, 0.4) is 0 Å². The van der Waals surface area contributed by atoms with E-state index in [-0.39, 0.29) is 11.4 Å². The zero-order valence-electron chi connectivity index (χ0n) is 25.6. The molecule has 2 fully saturated rings. The van der Waals surface area contributed by atoms with Gasteiger partial charge in [-0.25, -0.2) is 4.79 Å². The van der Waals surface area contributed by atoms with Crippen LogP contribution in [0.4, 0.5) is 0 Å². The van der Waals surface area contributed by atoms with Gasteiger partial charge < -0.3 is 10.4 Å². The quantitative estimate of drug-likeness (QED) is 0.251. The third-order valence-corrected chi connectivity index (χ3v) is 10.1. The molecule has 0 bridgehead atoms. The summed E-state index contributed by atoms with van der Waals surface area (Å²) in [7, 11) is 0. The number of carboxylic acid groups (broad SMARTS) is 1. The Labute approximate surface area is 251 Å². The lowest BCUT2D eigenvalue weighted by atomic mass is 9.77. The number of carboxylic acids is 1. The predicted molar refractivity (Wildman–Crippen MR) is 172 cm³/mol. The van der Waals surface area contributed by atoms with Crippen molar-refractivity contribution >= 4 is 23.6 Å². The van der Waals surface area contributed by atoms with Crippen LogP contribution < -0.4 is 5.32 Å². The van der Waals surface area contributed by atoms with E-state index in [9.17, 15) is 14.7 Å². The maximum absolute atomic E-state index is 13.6. The van der Waals surface area contributed by atoms with Crippen LogP contribution >= 0.6 is 11.8 Å². The van der Waals surface area contributed by atoms with E-state index in [1.807, 2.05) is 24.5 Å². The van der Waals surface area contributed by atoms with Crippen LogP contribution in [0.5, 0.6) is 0 Å². The van der Waals surface area contributed by atoms with Crippen molar-refractivity contribution in [2.45, 2.75) is 116 Å². The molecule has 2 aromatic carbocycles. The fourth-order valence-electron chi connectivity index (χ4n) is 7.38. The number of aliphatic carboxylic acids is 1. The highest BCUT2D eigenvalue weighted by molar-refractivity contribution is 7.98. The number of aryl methyl sites for hydroxylation is 1. The molecular formula is C35H50N2O3S. The molecule has 0 aliphatic heterocycles. The molecule has 2 aromatic rings. The molecule has 0 unspecified atom stereocenters. The van der Waals surface area contributed by atoms with Gasteiger partial charge in [0.1, 0.15) is 6.04 Å². The van der Waals surface area contributed by atoms with Crippen molar-refractivity contribution in [3.63, 3.8) is 0 Å². The van der Waals surface area contributed by atoms with Gasteiger partial charge >= 0.3 is 5.97 Å². The Kier molecular flexibility index (Phi) is 11.4. The van der Waals surface area contributed by atoms with Gasteiger partial charge in [0.25, 0.3) is 5.91 Å². The molecule has 6 heteroatoms. The molecule has 0 aromatic heterocycles. The van der Waals surface area contributed by atoms with Crippen molar-refractivity contribution in [1.82, 2.24) is 10.2 Å². The van der Waals surface area contributed by atoms with E-state index in [4.69, 9.17) is 0 Å². The Morgan fingerprint density at radius 1 is 1.02 bits per heavy atom. The number of benzene rings is 2. The highest BCUT2D eigenvalue weighted by atomic mass is 32.2. The van der Waals surface area contributed by atoms with Gasteiger partial charge in [0.2, 0.25) is 0 Å². The second-order valence-corrected chi connectivity index (χ2v) is 13.7. The summed E-state index contributed by atoms with van der Waals surface area (Å²) in [6.07, 6.45) is 15.7. The lowest BCUT2D eigenvalue weighted by Crippen LogP contribution is -2.51. The summed E-state index contributed by atoms with van der Waals surface area (Å²) in [5.74, 6) is 0.196. The summed E-state index contributed by atoms with van der Waals surface area (Å²) in [5.41, 5.74) is 4.99. The minimum absolute atomic E-state index is 0.251. The summed E-state index contributed by atoms with van der Waals surface area (Å²) >= 11 is 1.58. The first kappa shape index (κ1) is 31.6. The molecule has 1 atom stereocenters. The van der Waals surface area contributed by atoms with Crippen LogP contribution in [0.15, 0.2) is 42.5 Å². The van der Waals surface area contributed by atoms with Gasteiger partial charge in [0.05, 0.1) is 0 Å². The van der Waals surface area contributed by atoms with E-state index in [2.05, 4.69) is 55.3 Å². The fraction of sp³-hybridized carbons (Fsp3) is 0.600. The summed E-state index contributed by atoms with van der Waals surface area (Å²) in [6, 6.07) is 13.9. The van der Waals surface area contributed by atoms with Gasteiger partial charge in [-0.1, -0.05) is 75.3 Å². The maximum Gasteiger partial charge on any atom is 0.326 e. The lowest BCUT2D eigenvalue weighted by molar-refractivity contribution is -0.139. The van der Waals surface area contributed by atoms with Gasteiger partial charge in [-0.2, -0.15) is 11.8 Å². The summed E-state index contributed by atoms with van der Waals surface area (Å²) in [6.45, 7) is 7.61. The highest BCUT2D eigenvalue weighted by Gasteiger charge is 2.42. The maximum atomic E-state index is 13.6. The molecule has 0 heterocycles. The zero-order chi connectivity index (χ0) is 29.4. The SMILES string of the molecule is CSCC[C@H](NC(=O)c1ccc(CN(C(C)C)C2(CC3CCCCC3)CCCC2)cc1-c1ccccc1C)C(=O)O. The third-order valence-electron chi connectivity index (χ3n) is 9.49. The van der Waals surface area contributed by atoms with E-state index < -0.39 is 12.0 Å². The number of carbonyl (C=O) groups is 2. The van der Waals surface area contributed by atoms with E-state index in [1.54, 1.807) is 11.8 Å². The second-order valence-electron chi connectivity index (χ2n) is 12.7. The smallest absolute Gasteiger partial charge is 0.326 e. The molecule has 0 spiro atoms. The Bertz CT molecular complexity index is 1170. The monoisotopic (exact) mass is 578 g/mol. The van der Waals surface area contributed by atoms with Gasteiger partial charge in [-0.15, -0.1) is 0 Å². The number of rotatable bonds is 13. The molecule has 2 saturated carbocycles. The molecule has 0 saturated heterocycles. The normalized spacial score (nSPS) is 18.1. The van der Waals surface area contributed by atoms with E-state index in [0.717, 1.165) is 29.2 Å². The van der Waals surface area contributed by atoms with Crippen LogP contribution in [0.1, 0.15) is 106 Å². The van der Waals surface area contributed by atoms with E-state index >= 15 is 0 Å². The van der Waals surface area contributed by atoms with Gasteiger partial charge in [0.15, 0.2) is 0 Å². The number of amides is 1. The van der Waals surface area contributed by atoms with Crippen LogP contribution in [0, 0.1) is 12.8 Å². The van der Waals surface area contributed by atoms with E-state index in [0.29, 0.717) is 23.8 Å². The van der Waals surface area contributed by atoms with Crippen molar-refractivity contribution in [3.05, 3.63) is 59.2 Å². The molecular weight excluding hydrogens is 528 g/mol. The first-order valence-electron chi connectivity index (χ1n) is 15.7. The Balaban J connectivity index is 1.67. The lowest BCUT2D eigenvalue weighted by Gasteiger charge is -2.47. The van der Waals surface area contributed by atoms with E-state index in [1.165, 1.54) is 69.8 Å². The number of thioether (sulfide) groups is 1.